The average molecular weight is 1310 g/mol. The second-order valence-corrected chi connectivity index (χ2v) is 32.3. The van der Waals surface area contributed by atoms with E-state index in [1.807, 2.05) is 0 Å². The number of hydrogen-bond donors (Lipinski definition) is 0. The topological polar surface area (TPSA) is 9.72 Å². The van der Waals surface area contributed by atoms with Gasteiger partial charge in [0.05, 0.1) is 5.41 Å². The predicted molar refractivity (Wildman–Crippen MR) is 431 cm³/mol. The lowest BCUT2D eigenvalue weighted by atomic mass is 9.67. The van der Waals surface area contributed by atoms with Crippen molar-refractivity contribution in [1.29, 1.82) is 0 Å². The fourth-order valence-electron chi connectivity index (χ4n) is 14.9. The van der Waals surface area contributed by atoms with Gasteiger partial charge in [-0.15, -0.1) is 0 Å². The van der Waals surface area contributed by atoms with Crippen LogP contribution in [0.25, 0.3) is 33.4 Å². The van der Waals surface area contributed by atoms with Gasteiger partial charge in [-0.05, 0) is 241 Å². The fraction of sp³-hybridized carbons (Fsp3) is 0.258. The van der Waals surface area contributed by atoms with Crippen molar-refractivity contribution in [3.8, 4) is 33.4 Å². The molecule has 12 aromatic carbocycles. The SMILES string of the molecule is CCCCCCc1ccc(C2(c3ccc(N(c4ccc(-c5ccc(N(c6ccc(C(C)(C)C)cc6)c6ccc(C(C)(C)C)cc6)cc5)cc4)c4ccc(-c5ccc(N(c6ccc(C(C)(C)C)cc6)c6ccc(C(C)(C)C)cc6)cc5)cc4)cc3)c3cc(C)ccc3-c3ccc(C)cc32)cc1. The van der Waals surface area contributed by atoms with Crippen LogP contribution in [0.4, 0.5) is 51.2 Å². The molecule has 0 aliphatic heterocycles. The first kappa shape index (κ1) is 68.6. The van der Waals surface area contributed by atoms with E-state index in [1.54, 1.807) is 0 Å². The quantitative estimate of drug-likeness (QED) is 0.0793. The highest BCUT2D eigenvalue weighted by molar-refractivity contribution is 5.88. The van der Waals surface area contributed by atoms with Crippen LogP contribution in [0.5, 0.6) is 0 Å². The number of anilines is 9. The van der Waals surface area contributed by atoms with Gasteiger partial charge in [0.2, 0.25) is 0 Å². The molecule has 100 heavy (non-hydrogen) atoms. The lowest BCUT2D eigenvalue weighted by Gasteiger charge is -2.35. The van der Waals surface area contributed by atoms with Crippen molar-refractivity contribution in [3.05, 3.63) is 340 Å². The number of rotatable bonds is 18. The largest absolute Gasteiger partial charge is 0.311 e. The maximum absolute atomic E-state index is 2.45. The number of unbranched alkanes of at least 4 members (excludes halogenated alkanes) is 3. The van der Waals surface area contributed by atoms with E-state index in [0.29, 0.717) is 0 Å². The molecule has 3 nitrogen and oxygen atoms in total. The predicted octanol–water partition coefficient (Wildman–Crippen LogP) is 27.7. The Hall–Kier alpha value is -9.96. The smallest absolute Gasteiger partial charge is 0.0713 e. The Labute approximate surface area is 598 Å². The van der Waals surface area contributed by atoms with Gasteiger partial charge in [-0.2, -0.15) is 0 Å². The highest BCUT2D eigenvalue weighted by Gasteiger charge is 2.46. The molecule has 12 aromatic rings. The average Bonchev–Trinajstić information content (AvgIpc) is 1.52. The summed E-state index contributed by atoms with van der Waals surface area (Å²) in [6, 6.07) is 106. The Kier molecular flexibility index (Phi) is 18.9. The number of nitrogens with zero attached hydrogens (tertiary/aromatic N) is 3. The van der Waals surface area contributed by atoms with E-state index in [4.69, 9.17) is 0 Å². The molecule has 0 saturated heterocycles. The van der Waals surface area contributed by atoms with Gasteiger partial charge in [0.25, 0.3) is 0 Å². The molecule has 3 heteroatoms. The van der Waals surface area contributed by atoms with E-state index >= 15 is 0 Å². The number of benzene rings is 12. The minimum atomic E-state index is -0.531. The zero-order valence-corrected chi connectivity index (χ0v) is 61.9. The summed E-state index contributed by atoms with van der Waals surface area (Å²) in [7, 11) is 0. The summed E-state index contributed by atoms with van der Waals surface area (Å²) in [6.45, 7) is 34.1. The highest BCUT2D eigenvalue weighted by atomic mass is 15.2. The molecule has 0 radical (unpaired) electrons. The van der Waals surface area contributed by atoms with E-state index in [0.717, 1.165) is 79.9 Å². The van der Waals surface area contributed by atoms with E-state index in [-0.39, 0.29) is 21.7 Å². The van der Waals surface area contributed by atoms with Crippen molar-refractivity contribution in [1.82, 2.24) is 0 Å². The van der Waals surface area contributed by atoms with Crippen LogP contribution in [-0.4, -0.2) is 0 Å². The number of fused-ring (bicyclic) bond motifs is 3. The Morgan fingerprint density at radius 3 is 0.750 bits per heavy atom. The molecular weight excluding hydrogens is 1210 g/mol. The second kappa shape index (κ2) is 27.6. The van der Waals surface area contributed by atoms with Crippen molar-refractivity contribution >= 4 is 51.2 Å². The zero-order valence-electron chi connectivity index (χ0n) is 61.9. The highest BCUT2D eigenvalue weighted by Crippen LogP contribution is 2.57. The molecule has 0 aromatic heterocycles. The molecule has 0 unspecified atom stereocenters. The zero-order chi connectivity index (χ0) is 70.3. The van der Waals surface area contributed by atoms with Crippen LogP contribution < -0.4 is 14.7 Å². The molecule has 0 heterocycles. The van der Waals surface area contributed by atoms with Gasteiger partial charge in [-0.25, -0.2) is 0 Å². The molecule has 0 saturated carbocycles. The van der Waals surface area contributed by atoms with Gasteiger partial charge in [-0.3, -0.25) is 0 Å². The molecule has 0 bridgehead atoms. The molecule has 504 valence electrons. The second-order valence-electron chi connectivity index (χ2n) is 32.3. The van der Waals surface area contributed by atoms with E-state index < -0.39 is 5.41 Å². The van der Waals surface area contributed by atoms with E-state index in [1.165, 1.54) is 98.0 Å². The van der Waals surface area contributed by atoms with Crippen LogP contribution in [0.3, 0.4) is 0 Å². The third kappa shape index (κ3) is 14.0. The summed E-state index contributed by atoms with van der Waals surface area (Å²) in [4.78, 5) is 7.19. The molecule has 0 atom stereocenters. The third-order valence-electron chi connectivity index (χ3n) is 20.8. The normalized spacial score (nSPS) is 12.8. The Bertz CT molecular complexity index is 4390. The van der Waals surface area contributed by atoms with Gasteiger partial charge in [0, 0.05) is 51.2 Å². The molecular formula is C97H101N3. The first-order chi connectivity index (χ1) is 47.8. The van der Waals surface area contributed by atoms with Crippen LogP contribution in [0, 0.1) is 13.8 Å². The number of hydrogen-bond acceptors (Lipinski definition) is 3. The molecule has 1 aliphatic carbocycles. The van der Waals surface area contributed by atoms with Crippen LogP contribution in [0.2, 0.25) is 0 Å². The summed E-state index contributed by atoms with van der Waals surface area (Å²) in [6.07, 6.45) is 6.11. The summed E-state index contributed by atoms with van der Waals surface area (Å²) < 4.78 is 0. The van der Waals surface area contributed by atoms with Crippen LogP contribution >= 0.6 is 0 Å². The van der Waals surface area contributed by atoms with Crippen molar-refractivity contribution in [2.24, 2.45) is 0 Å². The van der Waals surface area contributed by atoms with Crippen molar-refractivity contribution in [2.75, 3.05) is 14.7 Å². The molecule has 0 fully saturated rings. The minimum Gasteiger partial charge on any atom is -0.311 e. The fourth-order valence-corrected chi connectivity index (χ4v) is 14.9. The maximum atomic E-state index is 2.45. The maximum Gasteiger partial charge on any atom is 0.0713 e. The first-order valence-electron chi connectivity index (χ1n) is 36.5. The Morgan fingerprint density at radius 1 is 0.260 bits per heavy atom. The van der Waals surface area contributed by atoms with Crippen LogP contribution in [0.15, 0.2) is 279 Å². The molecule has 13 rings (SSSR count). The van der Waals surface area contributed by atoms with Crippen molar-refractivity contribution in [2.45, 2.75) is 163 Å². The van der Waals surface area contributed by atoms with Gasteiger partial charge < -0.3 is 14.7 Å². The van der Waals surface area contributed by atoms with E-state index in [2.05, 4.69) is 398 Å². The molecule has 0 spiro atoms. The third-order valence-corrected chi connectivity index (χ3v) is 20.8. The van der Waals surface area contributed by atoms with Crippen LogP contribution in [0.1, 0.15) is 177 Å². The van der Waals surface area contributed by atoms with Gasteiger partial charge in [0.1, 0.15) is 0 Å². The van der Waals surface area contributed by atoms with E-state index in [9.17, 15) is 0 Å². The summed E-state index contributed by atoms with van der Waals surface area (Å²) in [5.41, 5.74) is 31.3. The lowest BCUT2D eigenvalue weighted by molar-refractivity contribution is 0.590. The Morgan fingerprint density at radius 2 is 0.500 bits per heavy atom. The van der Waals surface area contributed by atoms with Crippen molar-refractivity contribution in [3.63, 3.8) is 0 Å². The van der Waals surface area contributed by atoms with Gasteiger partial charge in [0.15, 0.2) is 0 Å². The Balaban J connectivity index is 0.876. The first-order valence-corrected chi connectivity index (χ1v) is 36.5. The van der Waals surface area contributed by atoms with Gasteiger partial charge >= 0.3 is 0 Å². The molecule has 0 N–H and O–H groups in total. The van der Waals surface area contributed by atoms with Crippen molar-refractivity contribution < 1.29 is 0 Å². The summed E-state index contributed by atoms with van der Waals surface area (Å²) in [5, 5.41) is 0. The lowest BCUT2D eigenvalue weighted by Crippen LogP contribution is -2.29. The van der Waals surface area contributed by atoms with Gasteiger partial charge in [-0.1, -0.05) is 290 Å². The van der Waals surface area contributed by atoms with Crippen LogP contribution in [-0.2, 0) is 33.5 Å². The molecule has 1 aliphatic rings. The minimum absolute atomic E-state index is 0.0551. The summed E-state index contributed by atoms with van der Waals surface area (Å²) >= 11 is 0. The number of aryl methyl sites for hydroxylation is 3. The standard InChI is InChI=1S/C97H101N3/c1-16-17-18-19-20-69-23-33-78(34-24-69)97(91-65-67(2)21-63-89(91)90-64-22-68(3)66-92(90)97)79-43-61-88(62-44-79)98(80-45-25-70(26-46-80)72-29-49-82(50-30-72)99(84-53-35-74(36-54-84)93(4,5)6)85-55-37-75(38-56-85)94(7,8)9)81-47-27-71(28-48-81)73-31-51-83(52-32-73)100(86-57-39-76(40-58-86)95(10,11)12)87-59-41-77(42-60-87)96(13,14)15/h21-66H,16-20H2,1-15H3. The monoisotopic (exact) mass is 1310 g/mol. The molecule has 0 amide bonds. The summed E-state index contributed by atoms with van der Waals surface area (Å²) in [5.74, 6) is 0.